The van der Waals surface area contributed by atoms with E-state index in [9.17, 15) is 0 Å². The first-order chi connectivity index (χ1) is 7.42. The minimum atomic E-state index is 0.499. The van der Waals surface area contributed by atoms with Crippen LogP contribution in [-0.2, 0) is 4.74 Å². The first-order valence-electron chi connectivity index (χ1n) is 6.42. The van der Waals surface area contributed by atoms with Gasteiger partial charge in [-0.05, 0) is 50.0 Å². The molecule has 1 N–H and O–H groups in total. The Bertz CT molecular complexity index is 245. The van der Waals surface area contributed by atoms with E-state index in [0.29, 0.717) is 6.10 Å². The third-order valence-electron chi connectivity index (χ3n) is 4.22. The fourth-order valence-corrected chi connectivity index (χ4v) is 3.36. The van der Waals surface area contributed by atoms with Crippen LogP contribution in [0.25, 0.3) is 0 Å². The Balaban J connectivity index is 1.38. The number of allylic oxidation sites excluding steroid dienone is 2. The molecule has 4 atom stereocenters. The number of fused-ring (bicyclic) bond motifs is 2. The predicted octanol–water partition coefficient (Wildman–Crippen LogP) is 1.97. The lowest BCUT2D eigenvalue weighted by atomic mass is 9.93. The van der Waals surface area contributed by atoms with Crippen molar-refractivity contribution in [2.45, 2.75) is 31.8 Å². The molecule has 0 aromatic heterocycles. The summed E-state index contributed by atoms with van der Waals surface area (Å²) in [5.74, 6) is 2.69. The van der Waals surface area contributed by atoms with Gasteiger partial charge in [-0.2, -0.15) is 0 Å². The SMILES string of the molecule is C1=C[C@H]2C[C@H]1C[C@@H]2CNC[C@@H]1CCCO1. The zero-order valence-electron chi connectivity index (χ0n) is 9.32. The molecule has 3 rings (SSSR count). The second-order valence-corrected chi connectivity index (χ2v) is 5.33. The van der Waals surface area contributed by atoms with E-state index >= 15 is 0 Å². The maximum Gasteiger partial charge on any atom is 0.0700 e. The molecule has 2 bridgehead atoms. The molecule has 1 saturated carbocycles. The molecule has 15 heavy (non-hydrogen) atoms. The van der Waals surface area contributed by atoms with Crippen molar-refractivity contribution in [1.82, 2.24) is 5.32 Å². The Morgan fingerprint density at radius 2 is 2.20 bits per heavy atom. The number of ether oxygens (including phenoxy) is 1. The largest absolute Gasteiger partial charge is 0.377 e. The number of rotatable bonds is 4. The van der Waals surface area contributed by atoms with E-state index in [1.807, 2.05) is 0 Å². The van der Waals surface area contributed by atoms with Crippen LogP contribution in [0.1, 0.15) is 25.7 Å². The molecule has 2 heteroatoms. The van der Waals surface area contributed by atoms with E-state index < -0.39 is 0 Å². The summed E-state index contributed by atoms with van der Waals surface area (Å²) in [6, 6.07) is 0. The molecule has 0 radical (unpaired) electrons. The van der Waals surface area contributed by atoms with Gasteiger partial charge in [0.1, 0.15) is 0 Å². The molecule has 1 saturated heterocycles. The normalized spacial score (nSPS) is 42.9. The predicted molar refractivity (Wildman–Crippen MR) is 60.7 cm³/mol. The van der Waals surface area contributed by atoms with Crippen molar-refractivity contribution in [3.63, 3.8) is 0 Å². The highest BCUT2D eigenvalue weighted by Gasteiger charge is 2.35. The summed E-state index contributed by atoms with van der Waals surface area (Å²) in [6.45, 7) is 3.24. The Kier molecular flexibility index (Phi) is 2.80. The van der Waals surface area contributed by atoms with Crippen molar-refractivity contribution >= 4 is 0 Å². The van der Waals surface area contributed by atoms with Crippen molar-refractivity contribution in [2.75, 3.05) is 19.7 Å². The fourth-order valence-electron chi connectivity index (χ4n) is 3.36. The van der Waals surface area contributed by atoms with Crippen molar-refractivity contribution in [3.8, 4) is 0 Å². The van der Waals surface area contributed by atoms with E-state index in [1.165, 1.54) is 32.2 Å². The molecule has 1 aliphatic heterocycles. The van der Waals surface area contributed by atoms with Gasteiger partial charge in [0.2, 0.25) is 0 Å². The van der Waals surface area contributed by atoms with E-state index in [2.05, 4.69) is 17.5 Å². The summed E-state index contributed by atoms with van der Waals surface area (Å²) >= 11 is 0. The highest BCUT2D eigenvalue weighted by molar-refractivity contribution is 5.10. The van der Waals surface area contributed by atoms with E-state index in [1.54, 1.807) is 0 Å². The number of hydrogen-bond acceptors (Lipinski definition) is 2. The molecule has 2 fully saturated rings. The Morgan fingerprint density at radius 1 is 1.20 bits per heavy atom. The van der Waals surface area contributed by atoms with Gasteiger partial charge in [0, 0.05) is 13.2 Å². The standard InChI is InChI=1S/C13H21NO/c1-2-13(15-5-1)9-14-8-12-7-10-3-4-11(12)6-10/h3-4,10-14H,1-2,5-9H2/t10-,11-,12+,13-/m0/s1. The van der Waals surface area contributed by atoms with Crippen LogP contribution in [0, 0.1) is 17.8 Å². The summed E-state index contributed by atoms with van der Waals surface area (Å²) in [6.07, 6.45) is 10.7. The summed E-state index contributed by atoms with van der Waals surface area (Å²) < 4.78 is 5.60. The maximum atomic E-state index is 5.60. The van der Waals surface area contributed by atoms with Crippen LogP contribution in [0.2, 0.25) is 0 Å². The van der Waals surface area contributed by atoms with Gasteiger partial charge in [-0.15, -0.1) is 0 Å². The third kappa shape index (κ3) is 2.11. The summed E-state index contributed by atoms with van der Waals surface area (Å²) in [4.78, 5) is 0. The molecule has 0 amide bonds. The van der Waals surface area contributed by atoms with Crippen LogP contribution in [-0.4, -0.2) is 25.8 Å². The minimum Gasteiger partial charge on any atom is -0.377 e. The minimum absolute atomic E-state index is 0.499. The number of hydrogen-bond donors (Lipinski definition) is 1. The highest BCUT2D eigenvalue weighted by Crippen LogP contribution is 2.42. The zero-order valence-corrected chi connectivity index (χ0v) is 9.32. The van der Waals surface area contributed by atoms with Crippen LogP contribution in [0.4, 0.5) is 0 Å². The van der Waals surface area contributed by atoms with Gasteiger partial charge in [-0.25, -0.2) is 0 Å². The van der Waals surface area contributed by atoms with Gasteiger partial charge in [0.05, 0.1) is 6.10 Å². The monoisotopic (exact) mass is 207 g/mol. The van der Waals surface area contributed by atoms with Crippen LogP contribution in [0.15, 0.2) is 12.2 Å². The number of nitrogens with one attached hydrogen (secondary N) is 1. The molecule has 1 heterocycles. The molecule has 0 unspecified atom stereocenters. The first kappa shape index (κ1) is 9.86. The van der Waals surface area contributed by atoms with Gasteiger partial charge in [-0.3, -0.25) is 0 Å². The van der Waals surface area contributed by atoms with Crippen molar-refractivity contribution < 1.29 is 4.74 Å². The lowest BCUT2D eigenvalue weighted by Gasteiger charge is -2.19. The third-order valence-corrected chi connectivity index (χ3v) is 4.22. The molecule has 2 aliphatic carbocycles. The van der Waals surface area contributed by atoms with Gasteiger partial charge in [0.15, 0.2) is 0 Å². The summed E-state index contributed by atoms with van der Waals surface area (Å²) in [5, 5.41) is 3.60. The molecular formula is C13H21NO. The van der Waals surface area contributed by atoms with Crippen LogP contribution < -0.4 is 5.32 Å². The van der Waals surface area contributed by atoms with Crippen LogP contribution in [0.3, 0.4) is 0 Å². The van der Waals surface area contributed by atoms with E-state index in [-0.39, 0.29) is 0 Å². The van der Waals surface area contributed by atoms with Crippen molar-refractivity contribution in [3.05, 3.63) is 12.2 Å². The molecule has 0 aromatic carbocycles. The molecule has 0 spiro atoms. The van der Waals surface area contributed by atoms with Gasteiger partial charge in [-0.1, -0.05) is 12.2 Å². The van der Waals surface area contributed by atoms with Gasteiger partial charge in [0.25, 0.3) is 0 Å². The Hall–Kier alpha value is -0.340. The second kappa shape index (κ2) is 4.26. The Labute approximate surface area is 92.1 Å². The van der Waals surface area contributed by atoms with Gasteiger partial charge < -0.3 is 10.1 Å². The van der Waals surface area contributed by atoms with Crippen molar-refractivity contribution in [2.24, 2.45) is 17.8 Å². The van der Waals surface area contributed by atoms with E-state index in [0.717, 1.165) is 30.9 Å². The van der Waals surface area contributed by atoms with Crippen molar-refractivity contribution in [1.29, 1.82) is 0 Å². The lowest BCUT2D eigenvalue weighted by molar-refractivity contribution is 0.109. The average molecular weight is 207 g/mol. The second-order valence-electron chi connectivity index (χ2n) is 5.33. The highest BCUT2D eigenvalue weighted by atomic mass is 16.5. The smallest absolute Gasteiger partial charge is 0.0700 e. The molecule has 2 nitrogen and oxygen atoms in total. The molecule has 3 aliphatic rings. The molecular weight excluding hydrogens is 186 g/mol. The molecule has 84 valence electrons. The topological polar surface area (TPSA) is 21.3 Å². The quantitative estimate of drug-likeness (QED) is 0.712. The van der Waals surface area contributed by atoms with Gasteiger partial charge >= 0.3 is 0 Å². The van der Waals surface area contributed by atoms with E-state index in [4.69, 9.17) is 4.74 Å². The maximum absolute atomic E-state index is 5.60. The average Bonchev–Trinajstić information content (AvgIpc) is 2.93. The lowest BCUT2D eigenvalue weighted by Crippen LogP contribution is -2.31. The van der Waals surface area contributed by atoms with Crippen LogP contribution in [0.5, 0.6) is 0 Å². The summed E-state index contributed by atoms with van der Waals surface area (Å²) in [5.41, 5.74) is 0. The fraction of sp³-hybridized carbons (Fsp3) is 0.846. The van der Waals surface area contributed by atoms with Crippen LogP contribution >= 0.6 is 0 Å². The first-order valence-corrected chi connectivity index (χ1v) is 6.42. The zero-order chi connectivity index (χ0) is 10.1. The Morgan fingerprint density at radius 3 is 2.87 bits per heavy atom. The molecule has 0 aromatic rings. The summed E-state index contributed by atoms with van der Waals surface area (Å²) in [7, 11) is 0.